The zero-order valence-corrected chi connectivity index (χ0v) is 17.5. The summed E-state index contributed by atoms with van der Waals surface area (Å²) >= 11 is 0. The minimum absolute atomic E-state index is 0. The first kappa shape index (κ1) is 21.2. The number of rotatable bonds is 6. The fourth-order valence-electron chi connectivity index (χ4n) is 2.98. The Balaban J connectivity index is 0.00000288. The van der Waals surface area contributed by atoms with Crippen molar-refractivity contribution in [3.8, 4) is 0 Å². The molecule has 24 heavy (non-hydrogen) atoms. The lowest BCUT2D eigenvalue weighted by Gasteiger charge is -2.32. The standard InChI is InChI=1S/C18H31N5.HI/c1-4-11-23-12-9-16(10-13-23)22-18(19-5-2)20-14-17-8-6-7-15(3)21-17;/h6-8,16H,4-5,9-14H2,1-3H3,(H2,19,20,22);1H. The van der Waals surface area contributed by atoms with Crippen molar-refractivity contribution in [2.24, 2.45) is 4.99 Å². The summed E-state index contributed by atoms with van der Waals surface area (Å²) in [5.74, 6) is 0.907. The Hall–Kier alpha value is -0.890. The van der Waals surface area contributed by atoms with Gasteiger partial charge in [0.25, 0.3) is 0 Å². The van der Waals surface area contributed by atoms with Crippen LogP contribution in [0.3, 0.4) is 0 Å². The summed E-state index contributed by atoms with van der Waals surface area (Å²) in [5, 5.41) is 6.94. The van der Waals surface area contributed by atoms with Crippen LogP contribution < -0.4 is 10.6 Å². The minimum Gasteiger partial charge on any atom is -0.357 e. The predicted molar refractivity (Wildman–Crippen MR) is 112 cm³/mol. The molecule has 0 unspecified atom stereocenters. The third-order valence-electron chi connectivity index (χ3n) is 4.16. The van der Waals surface area contributed by atoms with Crippen LogP contribution in [0.2, 0.25) is 0 Å². The fourth-order valence-corrected chi connectivity index (χ4v) is 2.98. The highest BCUT2D eigenvalue weighted by molar-refractivity contribution is 14.0. The van der Waals surface area contributed by atoms with Gasteiger partial charge in [-0.2, -0.15) is 0 Å². The summed E-state index contributed by atoms with van der Waals surface area (Å²) in [6.45, 7) is 11.5. The lowest BCUT2D eigenvalue weighted by Crippen LogP contribution is -2.48. The molecule has 2 N–H and O–H groups in total. The number of aromatic nitrogens is 1. The number of halogens is 1. The quantitative estimate of drug-likeness (QED) is 0.402. The molecule has 1 aliphatic heterocycles. The Morgan fingerprint density at radius 2 is 2.04 bits per heavy atom. The Labute approximate surface area is 163 Å². The van der Waals surface area contributed by atoms with E-state index in [0.717, 1.165) is 23.9 Å². The van der Waals surface area contributed by atoms with Gasteiger partial charge in [0.2, 0.25) is 0 Å². The van der Waals surface area contributed by atoms with Crippen LogP contribution in [0.4, 0.5) is 0 Å². The number of aryl methyl sites for hydroxylation is 1. The van der Waals surface area contributed by atoms with Crippen molar-refractivity contribution in [3.05, 3.63) is 29.6 Å². The molecule has 136 valence electrons. The molecule has 0 amide bonds. The van der Waals surface area contributed by atoms with E-state index < -0.39 is 0 Å². The monoisotopic (exact) mass is 445 g/mol. The van der Waals surface area contributed by atoms with Crippen molar-refractivity contribution in [1.29, 1.82) is 0 Å². The number of piperidine rings is 1. The molecule has 2 rings (SSSR count). The van der Waals surface area contributed by atoms with Crippen molar-refractivity contribution in [2.45, 2.75) is 52.6 Å². The molecule has 5 nitrogen and oxygen atoms in total. The van der Waals surface area contributed by atoms with E-state index in [1.807, 2.05) is 25.1 Å². The molecule has 0 saturated carbocycles. The summed E-state index contributed by atoms with van der Waals surface area (Å²) in [7, 11) is 0. The number of hydrogen-bond acceptors (Lipinski definition) is 3. The molecule has 0 bridgehead atoms. The highest BCUT2D eigenvalue weighted by atomic mass is 127. The van der Waals surface area contributed by atoms with Gasteiger partial charge in [0.1, 0.15) is 0 Å². The van der Waals surface area contributed by atoms with Gasteiger partial charge < -0.3 is 15.5 Å². The minimum atomic E-state index is 0. The van der Waals surface area contributed by atoms with E-state index in [4.69, 9.17) is 4.99 Å². The number of likely N-dealkylation sites (tertiary alicyclic amines) is 1. The lowest BCUT2D eigenvalue weighted by molar-refractivity contribution is 0.206. The number of pyridine rings is 1. The molecule has 6 heteroatoms. The maximum atomic E-state index is 4.69. The second-order valence-electron chi connectivity index (χ2n) is 6.23. The van der Waals surface area contributed by atoms with Gasteiger partial charge >= 0.3 is 0 Å². The molecule has 0 atom stereocenters. The van der Waals surface area contributed by atoms with Gasteiger partial charge in [-0.1, -0.05) is 13.0 Å². The maximum Gasteiger partial charge on any atom is 0.191 e. The highest BCUT2D eigenvalue weighted by Gasteiger charge is 2.19. The third kappa shape index (κ3) is 7.34. The first-order valence-corrected chi connectivity index (χ1v) is 8.91. The molecule has 0 radical (unpaired) electrons. The van der Waals surface area contributed by atoms with E-state index in [-0.39, 0.29) is 24.0 Å². The normalized spacial score (nSPS) is 16.5. The summed E-state index contributed by atoms with van der Waals surface area (Å²) < 4.78 is 0. The Morgan fingerprint density at radius 3 is 2.67 bits per heavy atom. The van der Waals surface area contributed by atoms with Gasteiger partial charge in [-0.15, -0.1) is 24.0 Å². The molecule has 0 aromatic carbocycles. The van der Waals surface area contributed by atoms with Crippen molar-refractivity contribution < 1.29 is 0 Å². The average molecular weight is 445 g/mol. The second-order valence-corrected chi connectivity index (χ2v) is 6.23. The van der Waals surface area contributed by atoms with Crippen LogP contribution in [0.5, 0.6) is 0 Å². The Morgan fingerprint density at radius 1 is 1.29 bits per heavy atom. The number of aliphatic imine (C=N–C) groups is 1. The first-order chi connectivity index (χ1) is 11.2. The van der Waals surface area contributed by atoms with Crippen LogP contribution in [0.1, 0.15) is 44.5 Å². The molecule has 1 aromatic rings. The Kier molecular flexibility index (Phi) is 10.2. The van der Waals surface area contributed by atoms with Crippen molar-refractivity contribution in [3.63, 3.8) is 0 Å². The van der Waals surface area contributed by atoms with Crippen LogP contribution in [-0.2, 0) is 6.54 Å². The van der Waals surface area contributed by atoms with E-state index in [1.54, 1.807) is 0 Å². The smallest absolute Gasteiger partial charge is 0.191 e. The van der Waals surface area contributed by atoms with E-state index in [0.29, 0.717) is 12.6 Å². The maximum absolute atomic E-state index is 4.69. The third-order valence-corrected chi connectivity index (χ3v) is 4.16. The first-order valence-electron chi connectivity index (χ1n) is 8.91. The molecule has 1 fully saturated rings. The molecular formula is C18H32IN5. The lowest BCUT2D eigenvalue weighted by atomic mass is 10.1. The van der Waals surface area contributed by atoms with Crippen molar-refractivity contribution in [2.75, 3.05) is 26.2 Å². The number of hydrogen-bond donors (Lipinski definition) is 2. The molecule has 1 aromatic heterocycles. The summed E-state index contributed by atoms with van der Waals surface area (Å²) in [6, 6.07) is 6.60. The van der Waals surface area contributed by atoms with Crippen LogP contribution in [0.15, 0.2) is 23.2 Å². The fraction of sp³-hybridized carbons (Fsp3) is 0.667. The van der Waals surface area contributed by atoms with Gasteiger partial charge in [0, 0.05) is 31.4 Å². The SMILES string of the molecule is CCCN1CCC(NC(=NCc2cccc(C)n2)NCC)CC1.I. The van der Waals surface area contributed by atoms with Gasteiger partial charge in [0.15, 0.2) is 5.96 Å². The highest BCUT2D eigenvalue weighted by Crippen LogP contribution is 2.10. The van der Waals surface area contributed by atoms with Crippen molar-refractivity contribution in [1.82, 2.24) is 20.5 Å². The topological polar surface area (TPSA) is 52.5 Å². The van der Waals surface area contributed by atoms with Crippen LogP contribution in [0.25, 0.3) is 0 Å². The van der Waals surface area contributed by atoms with E-state index in [9.17, 15) is 0 Å². The van der Waals surface area contributed by atoms with E-state index >= 15 is 0 Å². The van der Waals surface area contributed by atoms with Crippen LogP contribution >= 0.6 is 24.0 Å². The zero-order chi connectivity index (χ0) is 16.5. The Bertz CT molecular complexity index is 498. The zero-order valence-electron chi connectivity index (χ0n) is 15.2. The molecule has 0 aliphatic carbocycles. The summed E-state index contributed by atoms with van der Waals surface area (Å²) in [4.78, 5) is 11.8. The van der Waals surface area contributed by atoms with E-state index in [2.05, 4.69) is 34.4 Å². The summed E-state index contributed by atoms with van der Waals surface area (Å²) in [6.07, 6.45) is 3.62. The predicted octanol–water partition coefficient (Wildman–Crippen LogP) is 2.94. The van der Waals surface area contributed by atoms with Crippen molar-refractivity contribution >= 4 is 29.9 Å². The molecule has 0 spiro atoms. The number of nitrogens with zero attached hydrogens (tertiary/aromatic N) is 3. The van der Waals surface area contributed by atoms with Gasteiger partial charge in [0.05, 0.1) is 12.2 Å². The van der Waals surface area contributed by atoms with E-state index in [1.165, 1.54) is 38.9 Å². The number of nitrogens with one attached hydrogen (secondary N) is 2. The summed E-state index contributed by atoms with van der Waals surface area (Å²) in [5.41, 5.74) is 2.05. The molecule has 2 heterocycles. The second kappa shape index (κ2) is 11.6. The molecule has 1 saturated heterocycles. The molecule has 1 aliphatic rings. The van der Waals surface area contributed by atoms with Gasteiger partial charge in [-0.25, -0.2) is 4.99 Å². The van der Waals surface area contributed by atoms with Crippen LogP contribution in [0, 0.1) is 6.92 Å². The number of guanidine groups is 1. The largest absolute Gasteiger partial charge is 0.357 e. The van der Waals surface area contributed by atoms with Gasteiger partial charge in [-0.05, 0) is 51.8 Å². The van der Waals surface area contributed by atoms with Gasteiger partial charge in [-0.3, -0.25) is 4.98 Å². The average Bonchev–Trinajstić information content (AvgIpc) is 2.55. The van der Waals surface area contributed by atoms with Crippen LogP contribution in [-0.4, -0.2) is 48.1 Å². The molecular weight excluding hydrogens is 413 g/mol.